The van der Waals surface area contributed by atoms with Gasteiger partial charge in [0, 0.05) is 0 Å². The summed E-state index contributed by atoms with van der Waals surface area (Å²) in [4.78, 5) is 35.6. The third-order valence-corrected chi connectivity index (χ3v) is 6.56. The van der Waals surface area contributed by atoms with Gasteiger partial charge in [0.1, 0.15) is 0 Å². The van der Waals surface area contributed by atoms with Crippen molar-refractivity contribution in [1.82, 2.24) is 0 Å². The molecule has 0 bridgehead atoms. The maximum absolute atomic E-state index is 13.0. The summed E-state index contributed by atoms with van der Waals surface area (Å²) < 4.78 is 11.0. The van der Waals surface area contributed by atoms with Crippen LogP contribution in [0.4, 0.5) is 0 Å². The maximum atomic E-state index is 13.0. The van der Waals surface area contributed by atoms with Crippen molar-refractivity contribution in [3.8, 4) is 5.75 Å². The van der Waals surface area contributed by atoms with Crippen molar-refractivity contribution in [2.45, 2.75) is 20.8 Å². The first-order chi connectivity index (χ1) is 13.2. The third-order valence-electron chi connectivity index (χ3n) is 4.34. The fraction of sp³-hybridized carbons (Fsp3) is 0.136. The van der Waals surface area contributed by atoms with E-state index in [1.807, 2.05) is 19.1 Å². The van der Waals surface area contributed by atoms with Crippen molar-refractivity contribution in [3.05, 3.63) is 95.1 Å². The second-order valence-corrected chi connectivity index (χ2v) is 9.39. The number of para-hydroxylation sites is 1. The first kappa shape index (κ1) is 20.0. The van der Waals surface area contributed by atoms with Gasteiger partial charge in [-0.3, -0.25) is 0 Å². The van der Waals surface area contributed by atoms with Crippen LogP contribution in [0.2, 0.25) is 0 Å². The topological polar surface area (TPSA) is 76.0 Å². The van der Waals surface area contributed by atoms with Crippen molar-refractivity contribution < 1.29 is 23.6 Å². The van der Waals surface area contributed by atoms with E-state index >= 15 is 0 Å². The quantitative estimate of drug-likeness (QED) is 0.624. The Labute approximate surface area is 164 Å². The molecule has 0 radical (unpaired) electrons. The number of rotatable bonds is 5. The Bertz CT molecular complexity index is 977. The fourth-order valence-corrected chi connectivity index (χ4v) is 5.00. The summed E-state index contributed by atoms with van der Waals surface area (Å²) in [5, 5.41) is -0.00637. The van der Waals surface area contributed by atoms with Crippen molar-refractivity contribution >= 4 is 18.8 Å². The van der Waals surface area contributed by atoms with E-state index in [1.54, 1.807) is 62.4 Å². The molecule has 0 saturated heterocycles. The SMILES string of the molecule is Cc1cc(C)c(C(=O)OP(O)(O)(Oc2ccccc2)c2ccccc2)c(C)c1. The Kier molecular flexibility index (Phi) is 5.26. The van der Waals surface area contributed by atoms with Crippen LogP contribution < -0.4 is 9.83 Å². The predicted octanol–water partition coefficient (Wildman–Crippen LogP) is 4.37. The Morgan fingerprint density at radius 1 is 0.821 bits per heavy atom. The molecule has 3 aromatic carbocycles. The standard InChI is InChI=1S/C22H23O5P/c1-16-14-17(2)21(18(3)15-16)22(23)27-28(24,25,20-12-8-5-9-13-20)26-19-10-6-4-7-11-19/h4-15,24-25H,1-3H3. The van der Waals surface area contributed by atoms with Crippen molar-refractivity contribution in [2.24, 2.45) is 0 Å². The van der Waals surface area contributed by atoms with Gasteiger partial charge < -0.3 is 0 Å². The van der Waals surface area contributed by atoms with E-state index in [0.29, 0.717) is 11.1 Å². The molecule has 0 aliphatic carbocycles. The van der Waals surface area contributed by atoms with Crippen molar-refractivity contribution in [1.29, 1.82) is 0 Å². The molecule has 0 amide bonds. The summed E-state index contributed by atoms with van der Waals surface area (Å²) in [6.45, 7) is 5.48. The number of benzene rings is 3. The molecule has 5 nitrogen and oxygen atoms in total. The van der Waals surface area contributed by atoms with E-state index < -0.39 is 13.5 Å². The van der Waals surface area contributed by atoms with Gasteiger partial charge in [0.15, 0.2) is 0 Å². The molecule has 0 aliphatic heterocycles. The van der Waals surface area contributed by atoms with Gasteiger partial charge in [-0.05, 0) is 0 Å². The summed E-state index contributed by atoms with van der Waals surface area (Å²) in [6, 6.07) is 19.8. The molecule has 28 heavy (non-hydrogen) atoms. The van der Waals surface area contributed by atoms with Gasteiger partial charge in [-0.15, -0.1) is 0 Å². The molecule has 0 unspecified atom stereocenters. The third kappa shape index (κ3) is 4.07. The molecule has 146 valence electrons. The van der Waals surface area contributed by atoms with Crippen LogP contribution >= 0.6 is 7.51 Å². The van der Waals surface area contributed by atoms with Gasteiger partial charge in [-0.2, -0.15) is 0 Å². The van der Waals surface area contributed by atoms with E-state index in [1.165, 1.54) is 12.1 Å². The van der Waals surface area contributed by atoms with Crippen molar-refractivity contribution in [2.75, 3.05) is 0 Å². The van der Waals surface area contributed by atoms with Crippen LogP contribution in [0.5, 0.6) is 5.75 Å². The number of aryl methyl sites for hydroxylation is 3. The second kappa shape index (κ2) is 7.36. The molecule has 0 aliphatic rings. The molecular formula is C22H23O5P. The van der Waals surface area contributed by atoms with Gasteiger partial charge in [-0.25, -0.2) is 0 Å². The van der Waals surface area contributed by atoms with Gasteiger partial charge in [0.25, 0.3) is 0 Å². The summed E-state index contributed by atoms with van der Waals surface area (Å²) in [6.07, 6.45) is 0. The van der Waals surface area contributed by atoms with E-state index in [-0.39, 0.29) is 16.6 Å². The first-order valence-electron chi connectivity index (χ1n) is 8.83. The molecule has 0 atom stereocenters. The van der Waals surface area contributed by atoms with Crippen LogP contribution in [0.1, 0.15) is 27.0 Å². The second-order valence-electron chi connectivity index (χ2n) is 6.77. The Balaban J connectivity index is 2.07. The number of hydrogen-bond acceptors (Lipinski definition) is 5. The molecule has 6 heteroatoms. The molecule has 3 aromatic rings. The summed E-state index contributed by atoms with van der Waals surface area (Å²) in [7, 11) is -5.52. The average Bonchev–Trinajstić information content (AvgIpc) is 2.62. The zero-order valence-electron chi connectivity index (χ0n) is 16.0. The van der Waals surface area contributed by atoms with Gasteiger partial charge in [-0.1, -0.05) is 0 Å². The molecular weight excluding hydrogens is 375 g/mol. The number of carbonyl (C=O) groups excluding carboxylic acids is 1. The molecule has 0 saturated carbocycles. The zero-order valence-corrected chi connectivity index (χ0v) is 16.9. The van der Waals surface area contributed by atoms with E-state index in [0.717, 1.165) is 5.56 Å². The van der Waals surface area contributed by atoms with Crippen LogP contribution in [0.3, 0.4) is 0 Å². The summed E-state index contributed by atoms with van der Waals surface area (Å²) in [5.74, 6) is -0.670. The zero-order chi connectivity index (χ0) is 20.4. The van der Waals surface area contributed by atoms with Gasteiger partial charge in [0.05, 0.1) is 0 Å². The van der Waals surface area contributed by atoms with Gasteiger partial charge in [0.2, 0.25) is 0 Å². The van der Waals surface area contributed by atoms with E-state index in [4.69, 9.17) is 9.05 Å². The Hall–Kier alpha value is -2.72. The number of hydrogen-bond donors (Lipinski definition) is 2. The van der Waals surface area contributed by atoms with Gasteiger partial charge >= 0.3 is 164 Å². The van der Waals surface area contributed by atoms with E-state index in [2.05, 4.69) is 0 Å². The molecule has 2 N–H and O–H groups in total. The Morgan fingerprint density at radius 3 is 1.86 bits per heavy atom. The summed E-state index contributed by atoms with van der Waals surface area (Å²) >= 11 is 0. The number of carbonyl (C=O) groups is 1. The molecule has 0 aromatic heterocycles. The molecule has 0 fully saturated rings. The molecule has 3 rings (SSSR count). The van der Waals surface area contributed by atoms with Crippen LogP contribution in [0, 0.1) is 20.8 Å². The fourth-order valence-electron chi connectivity index (χ4n) is 3.18. The molecule has 0 spiro atoms. The normalized spacial score (nSPS) is 12.7. The minimum absolute atomic E-state index is 0.00637. The van der Waals surface area contributed by atoms with Crippen LogP contribution in [0.25, 0.3) is 0 Å². The summed E-state index contributed by atoms with van der Waals surface area (Å²) in [5.41, 5.74) is 2.67. The van der Waals surface area contributed by atoms with Crippen LogP contribution in [-0.2, 0) is 4.52 Å². The first-order valence-corrected chi connectivity index (χ1v) is 10.8. The van der Waals surface area contributed by atoms with Crippen LogP contribution in [0.15, 0.2) is 72.8 Å². The molecule has 0 heterocycles. The van der Waals surface area contributed by atoms with Crippen molar-refractivity contribution in [3.63, 3.8) is 0 Å². The minimum atomic E-state index is -5.52. The van der Waals surface area contributed by atoms with E-state index in [9.17, 15) is 14.6 Å². The predicted molar refractivity (Wildman–Crippen MR) is 111 cm³/mol. The Morgan fingerprint density at radius 2 is 1.32 bits per heavy atom. The van der Waals surface area contributed by atoms with Crippen LogP contribution in [-0.4, -0.2) is 15.8 Å². The average molecular weight is 398 g/mol. The monoisotopic (exact) mass is 398 g/mol.